The molecule has 2 aliphatic heterocycles. The van der Waals surface area contributed by atoms with Gasteiger partial charge in [-0.1, -0.05) is 0 Å². The highest BCUT2D eigenvalue weighted by molar-refractivity contribution is 5.83. The number of hydrogen-bond donors (Lipinski definition) is 1. The highest BCUT2D eigenvalue weighted by Crippen LogP contribution is 2.38. The van der Waals surface area contributed by atoms with Gasteiger partial charge in [0.2, 0.25) is 0 Å². The van der Waals surface area contributed by atoms with Crippen LogP contribution in [0.15, 0.2) is 31.1 Å². The molecule has 26 heavy (non-hydrogen) atoms. The van der Waals surface area contributed by atoms with Gasteiger partial charge in [0.15, 0.2) is 17.0 Å². The van der Waals surface area contributed by atoms with E-state index >= 15 is 0 Å². The van der Waals surface area contributed by atoms with Crippen LogP contribution in [0.1, 0.15) is 12.8 Å². The van der Waals surface area contributed by atoms with Crippen molar-refractivity contribution in [2.75, 3.05) is 24.6 Å². The van der Waals surface area contributed by atoms with Crippen LogP contribution >= 0.6 is 0 Å². The highest BCUT2D eigenvalue weighted by Gasteiger charge is 2.45. The summed E-state index contributed by atoms with van der Waals surface area (Å²) in [6.07, 6.45) is 8.40. The number of anilines is 1. The van der Waals surface area contributed by atoms with Gasteiger partial charge in [0.05, 0.1) is 37.7 Å². The molecule has 136 valence electrons. The average Bonchev–Trinajstić information content (AvgIpc) is 3.33. The average molecular weight is 355 g/mol. The topological polar surface area (TPSA) is 94.1 Å². The monoisotopic (exact) mass is 355 g/mol. The normalized spacial score (nSPS) is 23.7. The number of aromatic nitrogens is 6. The van der Waals surface area contributed by atoms with E-state index in [-0.39, 0.29) is 5.60 Å². The lowest BCUT2D eigenvalue weighted by Crippen LogP contribution is -2.46. The van der Waals surface area contributed by atoms with Crippen molar-refractivity contribution in [2.45, 2.75) is 37.6 Å². The number of rotatable bonds is 5. The molecular weight excluding hydrogens is 334 g/mol. The van der Waals surface area contributed by atoms with Crippen molar-refractivity contribution in [1.29, 1.82) is 0 Å². The SMILES string of the molecule is OC(Cn1cccn1)Cn1cnc2c(N3CCC4(CCO4)C3)ncnc21. The molecule has 0 aliphatic carbocycles. The second-order valence-corrected chi connectivity index (χ2v) is 7.10. The van der Waals surface area contributed by atoms with Crippen LogP contribution in [0.25, 0.3) is 11.2 Å². The maximum atomic E-state index is 10.4. The standard InChI is InChI=1S/C17H21N7O2/c25-13(9-24-5-1-4-21-24)8-23-12-20-14-15(18-11-19-16(14)23)22-6-2-17(10-22)3-7-26-17/h1,4-5,11-13,25H,2-3,6-10H2. The van der Waals surface area contributed by atoms with E-state index in [0.29, 0.717) is 13.1 Å². The van der Waals surface area contributed by atoms with Crippen molar-refractivity contribution in [3.8, 4) is 0 Å². The summed E-state index contributed by atoms with van der Waals surface area (Å²) in [5, 5.41) is 14.5. The first kappa shape index (κ1) is 15.7. The van der Waals surface area contributed by atoms with Crippen LogP contribution in [-0.4, -0.2) is 65.8 Å². The van der Waals surface area contributed by atoms with Crippen molar-refractivity contribution in [1.82, 2.24) is 29.3 Å². The molecule has 2 aliphatic rings. The van der Waals surface area contributed by atoms with E-state index in [1.165, 1.54) is 0 Å². The molecule has 2 atom stereocenters. The van der Waals surface area contributed by atoms with Crippen molar-refractivity contribution in [3.05, 3.63) is 31.1 Å². The number of nitrogens with zero attached hydrogens (tertiary/aromatic N) is 7. The summed E-state index contributed by atoms with van der Waals surface area (Å²) < 4.78 is 9.39. The Morgan fingerprint density at radius 2 is 2.15 bits per heavy atom. The van der Waals surface area contributed by atoms with Gasteiger partial charge < -0.3 is 19.3 Å². The van der Waals surface area contributed by atoms with Gasteiger partial charge in [0.1, 0.15) is 6.33 Å². The first-order chi connectivity index (χ1) is 12.7. The fourth-order valence-electron chi connectivity index (χ4n) is 3.88. The Kier molecular flexibility index (Phi) is 3.64. The quantitative estimate of drug-likeness (QED) is 0.710. The second-order valence-electron chi connectivity index (χ2n) is 7.10. The smallest absolute Gasteiger partial charge is 0.165 e. The van der Waals surface area contributed by atoms with Crippen molar-refractivity contribution >= 4 is 17.0 Å². The third kappa shape index (κ3) is 2.63. The molecule has 3 aromatic rings. The molecule has 0 saturated carbocycles. The number of aliphatic hydroxyl groups is 1. The molecule has 9 heteroatoms. The molecule has 1 N–H and O–H groups in total. The predicted octanol–water partition coefficient (Wildman–Crippen LogP) is 0.453. The number of ether oxygens (including phenoxy) is 1. The molecule has 2 fully saturated rings. The van der Waals surface area contributed by atoms with Crippen molar-refractivity contribution in [3.63, 3.8) is 0 Å². The Morgan fingerprint density at radius 3 is 2.88 bits per heavy atom. The molecule has 5 rings (SSSR count). The maximum Gasteiger partial charge on any atom is 0.165 e. The van der Waals surface area contributed by atoms with Crippen LogP contribution in [0.4, 0.5) is 5.82 Å². The minimum atomic E-state index is -0.579. The first-order valence-electron chi connectivity index (χ1n) is 8.93. The molecule has 2 unspecified atom stereocenters. The molecule has 2 saturated heterocycles. The van der Waals surface area contributed by atoms with Crippen LogP contribution in [0.5, 0.6) is 0 Å². The largest absolute Gasteiger partial charge is 0.389 e. The minimum absolute atomic E-state index is 0.0137. The Bertz CT molecular complexity index is 903. The summed E-state index contributed by atoms with van der Waals surface area (Å²) in [6.45, 7) is 3.46. The number of aliphatic hydroxyl groups excluding tert-OH is 1. The van der Waals surface area contributed by atoms with E-state index in [9.17, 15) is 5.11 Å². The lowest BCUT2D eigenvalue weighted by Gasteiger charge is -2.38. The van der Waals surface area contributed by atoms with E-state index in [4.69, 9.17) is 4.74 Å². The summed E-state index contributed by atoms with van der Waals surface area (Å²) in [7, 11) is 0. The Labute approximate surface area is 150 Å². The zero-order valence-electron chi connectivity index (χ0n) is 14.4. The summed E-state index contributed by atoms with van der Waals surface area (Å²) in [6, 6.07) is 1.84. The summed E-state index contributed by atoms with van der Waals surface area (Å²) in [5.74, 6) is 0.850. The third-order valence-electron chi connectivity index (χ3n) is 5.33. The molecule has 3 aromatic heterocycles. The molecule has 1 spiro atoms. The van der Waals surface area contributed by atoms with Crippen molar-refractivity contribution in [2.24, 2.45) is 0 Å². The van der Waals surface area contributed by atoms with E-state index in [2.05, 4.69) is 25.0 Å². The van der Waals surface area contributed by atoms with E-state index in [0.717, 1.165) is 49.5 Å². The van der Waals surface area contributed by atoms with Gasteiger partial charge in [-0.05, 0) is 12.5 Å². The Balaban J connectivity index is 1.37. The lowest BCUT2D eigenvalue weighted by molar-refractivity contribution is -0.130. The van der Waals surface area contributed by atoms with Gasteiger partial charge in [-0.2, -0.15) is 5.10 Å². The van der Waals surface area contributed by atoms with E-state index in [1.54, 1.807) is 23.5 Å². The van der Waals surface area contributed by atoms with Gasteiger partial charge in [-0.3, -0.25) is 4.68 Å². The molecular formula is C17H21N7O2. The summed E-state index contributed by atoms with van der Waals surface area (Å²) >= 11 is 0. The molecule has 9 nitrogen and oxygen atoms in total. The number of imidazole rings is 1. The Morgan fingerprint density at radius 1 is 1.23 bits per heavy atom. The van der Waals surface area contributed by atoms with Crippen LogP contribution in [0.3, 0.4) is 0 Å². The molecule has 0 bridgehead atoms. The fraction of sp³-hybridized carbons (Fsp3) is 0.529. The fourth-order valence-corrected chi connectivity index (χ4v) is 3.88. The van der Waals surface area contributed by atoms with E-state index < -0.39 is 6.10 Å². The maximum absolute atomic E-state index is 10.4. The zero-order valence-corrected chi connectivity index (χ0v) is 14.4. The number of hydrogen-bond acceptors (Lipinski definition) is 7. The van der Waals surface area contributed by atoms with Crippen LogP contribution in [0.2, 0.25) is 0 Å². The molecule has 0 amide bonds. The third-order valence-corrected chi connectivity index (χ3v) is 5.33. The number of fused-ring (bicyclic) bond motifs is 1. The van der Waals surface area contributed by atoms with Gasteiger partial charge in [-0.25, -0.2) is 15.0 Å². The molecule has 5 heterocycles. The van der Waals surface area contributed by atoms with Gasteiger partial charge in [-0.15, -0.1) is 0 Å². The zero-order chi connectivity index (χ0) is 17.6. The highest BCUT2D eigenvalue weighted by atomic mass is 16.5. The molecule has 0 aromatic carbocycles. The van der Waals surface area contributed by atoms with Crippen molar-refractivity contribution < 1.29 is 9.84 Å². The van der Waals surface area contributed by atoms with E-state index in [1.807, 2.05) is 16.8 Å². The van der Waals surface area contributed by atoms with Gasteiger partial charge in [0, 0.05) is 31.9 Å². The lowest BCUT2D eigenvalue weighted by atomic mass is 9.94. The van der Waals surface area contributed by atoms with Gasteiger partial charge >= 0.3 is 0 Å². The summed E-state index contributed by atoms with van der Waals surface area (Å²) in [4.78, 5) is 15.6. The predicted molar refractivity (Wildman–Crippen MR) is 93.7 cm³/mol. The second kappa shape index (κ2) is 6.03. The van der Waals surface area contributed by atoms with Gasteiger partial charge in [0.25, 0.3) is 0 Å². The van der Waals surface area contributed by atoms with Crippen LogP contribution < -0.4 is 4.90 Å². The van der Waals surface area contributed by atoms with Crippen LogP contribution in [-0.2, 0) is 17.8 Å². The summed E-state index contributed by atoms with van der Waals surface area (Å²) in [5.41, 5.74) is 1.53. The molecule has 0 radical (unpaired) electrons. The Hall–Kier alpha value is -2.52. The minimum Gasteiger partial charge on any atom is -0.389 e. The first-order valence-corrected chi connectivity index (χ1v) is 8.93. The van der Waals surface area contributed by atoms with Crippen LogP contribution in [0, 0.1) is 0 Å².